The van der Waals surface area contributed by atoms with Gasteiger partial charge in [-0.15, -0.1) is 0 Å². The van der Waals surface area contributed by atoms with Gasteiger partial charge in [0.15, 0.2) is 17.1 Å². The van der Waals surface area contributed by atoms with Crippen molar-refractivity contribution < 1.29 is 23.5 Å². The monoisotopic (exact) mass is 315 g/mol. The van der Waals surface area contributed by atoms with Gasteiger partial charge >= 0.3 is 0 Å². The van der Waals surface area contributed by atoms with Crippen LogP contribution in [0.15, 0.2) is 51.5 Å². The van der Waals surface area contributed by atoms with E-state index < -0.39 is 11.5 Å². The highest BCUT2D eigenvalue weighted by Crippen LogP contribution is 2.28. The van der Waals surface area contributed by atoms with Crippen LogP contribution < -0.4 is 10.1 Å². The highest BCUT2D eigenvalue weighted by atomic mass is 16.5. The van der Waals surface area contributed by atoms with Gasteiger partial charge in [-0.3, -0.25) is 4.79 Å². The molecular formula is C17H17NO5. The number of para-hydroxylation sites is 1. The predicted molar refractivity (Wildman–Crippen MR) is 83.4 cm³/mol. The molecule has 3 rings (SSSR count). The van der Waals surface area contributed by atoms with Crippen LogP contribution in [-0.4, -0.2) is 24.7 Å². The zero-order valence-corrected chi connectivity index (χ0v) is 12.8. The van der Waals surface area contributed by atoms with Crippen molar-refractivity contribution in [1.29, 1.82) is 0 Å². The Labute approximate surface area is 132 Å². The highest BCUT2D eigenvalue weighted by molar-refractivity contribution is 5.97. The molecule has 120 valence electrons. The van der Waals surface area contributed by atoms with Crippen molar-refractivity contribution in [1.82, 2.24) is 5.32 Å². The first kappa shape index (κ1) is 15.2. The van der Waals surface area contributed by atoms with E-state index in [0.717, 1.165) is 5.39 Å². The van der Waals surface area contributed by atoms with Gasteiger partial charge in [0.1, 0.15) is 11.4 Å². The van der Waals surface area contributed by atoms with Gasteiger partial charge in [0.05, 0.1) is 19.9 Å². The van der Waals surface area contributed by atoms with Gasteiger partial charge < -0.3 is 24.0 Å². The fourth-order valence-corrected chi connectivity index (χ4v) is 2.32. The third kappa shape index (κ3) is 2.93. The number of amides is 1. The smallest absolute Gasteiger partial charge is 0.287 e. The molecule has 2 aromatic heterocycles. The summed E-state index contributed by atoms with van der Waals surface area (Å²) < 4.78 is 15.9. The van der Waals surface area contributed by atoms with Crippen LogP contribution in [0.1, 0.15) is 23.2 Å². The average Bonchev–Trinajstić information content (AvgIpc) is 3.21. The van der Waals surface area contributed by atoms with Crippen molar-refractivity contribution in [3.05, 3.63) is 54.2 Å². The van der Waals surface area contributed by atoms with Crippen LogP contribution in [0, 0.1) is 0 Å². The van der Waals surface area contributed by atoms with Gasteiger partial charge in [-0.25, -0.2) is 0 Å². The Morgan fingerprint density at radius 1 is 1.35 bits per heavy atom. The number of methoxy groups -OCH3 is 1. The summed E-state index contributed by atoms with van der Waals surface area (Å²) in [6, 6.07) is 10.4. The average molecular weight is 315 g/mol. The third-order valence-electron chi connectivity index (χ3n) is 3.60. The van der Waals surface area contributed by atoms with Crippen LogP contribution in [-0.2, 0) is 5.60 Å². The molecule has 6 heteroatoms. The summed E-state index contributed by atoms with van der Waals surface area (Å²) in [4.78, 5) is 12.2. The van der Waals surface area contributed by atoms with E-state index in [1.165, 1.54) is 13.4 Å². The van der Waals surface area contributed by atoms with Gasteiger partial charge in [0.2, 0.25) is 0 Å². The molecule has 23 heavy (non-hydrogen) atoms. The Bertz CT molecular complexity index is 817. The third-order valence-corrected chi connectivity index (χ3v) is 3.60. The maximum atomic E-state index is 12.2. The van der Waals surface area contributed by atoms with Gasteiger partial charge in [0, 0.05) is 5.39 Å². The van der Waals surface area contributed by atoms with E-state index in [-0.39, 0.29) is 12.3 Å². The Hall–Kier alpha value is -2.73. The first-order valence-corrected chi connectivity index (χ1v) is 7.12. The molecular weight excluding hydrogens is 298 g/mol. The summed E-state index contributed by atoms with van der Waals surface area (Å²) in [7, 11) is 1.54. The van der Waals surface area contributed by atoms with E-state index in [4.69, 9.17) is 13.6 Å². The minimum absolute atomic E-state index is 0.00642. The summed E-state index contributed by atoms with van der Waals surface area (Å²) in [6.45, 7) is 1.56. The molecule has 1 atom stereocenters. The second-order valence-corrected chi connectivity index (χ2v) is 5.42. The number of hydrogen-bond acceptors (Lipinski definition) is 5. The number of carbonyl (C=O) groups excluding carboxylic acids is 1. The maximum absolute atomic E-state index is 12.2. The van der Waals surface area contributed by atoms with Crippen LogP contribution >= 0.6 is 0 Å². The normalized spacial score (nSPS) is 13.7. The number of furan rings is 2. The highest BCUT2D eigenvalue weighted by Gasteiger charge is 2.27. The quantitative estimate of drug-likeness (QED) is 0.756. The standard InChI is InChI=1S/C17H17NO5/c1-17(20,14-7-4-8-22-14)10-18-16(19)13-9-11-5-3-6-12(21-2)15(11)23-13/h3-9,20H,10H2,1-2H3,(H,18,19)/t17-/m1/s1. The first-order valence-electron chi connectivity index (χ1n) is 7.12. The second kappa shape index (κ2) is 5.81. The molecule has 6 nitrogen and oxygen atoms in total. The van der Waals surface area contributed by atoms with Crippen molar-refractivity contribution in [3.63, 3.8) is 0 Å². The summed E-state index contributed by atoms with van der Waals surface area (Å²) in [5.74, 6) is 0.669. The first-order chi connectivity index (χ1) is 11.0. The maximum Gasteiger partial charge on any atom is 0.287 e. The summed E-state index contributed by atoms with van der Waals surface area (Å²) in [5, 5.41) is 13.7. The molecule has 3 aromatic rings. The lowest BCUT2D eigenvalue weighted by molar-refractivity contribution is 0.0326. The molecule has 0 aliphatic rings. The Morgan fingerprint density at radius 3 is 2.87 bits per heavy atom. The van der Waals surface area contributed by atoms with Gasteiger partial charge in [-0.1, -0.05) is 12.1 Å². The lowest BCUT2D eigenvalue weighted by Gasteiger charge is -2.20. The molecule has 0 aliphatic carbocycles. The number of hydrogen-bond donors (Lipinski definition) is 2. The van der Waals surface area contributed by atoms with Crippen LogP contribution in [0.2, 0.25) is 0 Å². The molecule has 1 amide bonds. The minimum Gasteiger partial charge on any atom is -0.493 e. The predicted octanol–water partition coefficient (Wildman–Crippen LogP) is 2.67. The molecule has 0 bridgehead atoms. The molecule has 0 unspecified atom stereocenters. The zero-order valence-electron chi connectivity index (χ0n) is 12.8. The van der Waals surface area contributed by atoms with Gasteiger partial charge in [-0.05, 0) is 31.2 Å². The van der Waals surface area contributed by atoms with Crippen molar-refractivity contribution in [2.24, 2.45) is 0 Å². The second-order valence-electron chi connectivity index (χ2n) is 5.42. The molecule has 1 aromatic carbocycles. The van der Waals surface area contributed by atoms with Crippen molar-refractivity contribution in [2.45, 2.75) is 12.5 Å². The van der Waals surface area contributed by atoms with Gasteiger partial charge in [0.25, 0.3) is 5.91 Å². The SMILES string of the molecule is COc1cccc2cc(C(=O)NC[C@@](C)(O)c3ccco3)oc12. The number of carbonyl (C=O) groups is 1. The molecule has 0 spiro atoms. The minimum atomic E-state index is -1.30. The number of benzene rings is 1. The topological polar surface area (TPSA) is 84.8 Å². The van der Waals surface area contributed by atoms with Crippen LogP contribution in [0.5, 0.6) is 5.75 Å². The van der Waals surface area contributed by atoms with Gasteiger partial charge in [-0.2, -0.15) is 0 Å². The largest absolute Gasteiger partial charge is 0.493 e. The van der Waals surface area contributed by atoms with Crippen LogP contribution in [0.3, 0.4) is 0 Å². The van der Waals surface area contributed by atoms with E-state index in [9.17, 15) is 9.90 Å². The van der Waals surface area contributed by atoms with E-state index in [1.807, 2.05) is 12.1 Å². The lowest BCUT2D eigenvalue weighted by Crippen LogP contribution is -2.38. The van der Waals surface area contributed by atoms with Crippen molar-refractivity contribution in [2.75, 3.05) is 13.7 Å². The molecule has 0 aliphatic heterocycles. The summed E-state index contributed by atoms with van der Waals surface area (Å²) in [6.07, 6.45) is 1.47. The molecule has 0 radical (unpaired) electrons. The fourth-order valence-electron chi connectivity index (χ4n) is 2.32. The number of aliphatic hydroxyl groups is 1. The van der Waals surface area contributed by atoms with E-state index in [1.54, 1.807) is 31.2 Å². The number of nitrogens with one attached hydrogen (secondary N) is 1. The van der Waals surface area contributed by atoms with Crippen LogP contribution in [0.25, 0.3) is 11.0 Å². The van der Waals surface area contributed by atoms with Crippen molar-refractivity contribution in [3.8, 4) is 5.75 Å². The van der Waals surface area contributed by atoms with E-state index in [0.29, 0.717) is 17.1 Å². The Kier molecular flexibility index (Phi) is 3.83. The number of fused-ring (bicyclic) bond motifs is 1. The fraction of sp³-hybridized carbons (Fsp3) is 0.235. The van der Waals surface area contributed by atoms with E-state index in [2.05, 4.69) is 5.32 Å². The lowest BCUT2D eigenvalue weighted by atomic mass is 10.0. The molecule has 0 saturated carbocycles. The molecule has 0 saturated heterocycles. The number of rotatable bonds is 5. The molecule has 2 N–H and O–H groups in total. The van der Waals surface area contributed by atoms with Crippen molar-refractivity contribution >= 4 is 16.9 Å². The molecule has 0 fully saturated rings. The number of ether oxygens (including phenoxy) is 1. The van der Waals surface area contributed by atoms with Crippen LogP contribution in [0.4, 0.5) is 0 Å². The van der Waals surface area contributed by atoms with E-state index >= 15 is 0 Å². The zero-order chi connectivity index (χ0) is 16.4. The summed E-state index contributed by atoms with van der Waals surface area (Å²) >= 11 is 0. The molecule has 2 heterocycles. The summed E-state index contributed by atoms with van der Waals surface area (Å²) in [5.41, 5.74) is -0.791. The Morgan fingerprint density at radius 2 is 2.17 bits per heavy atom. The Balaban J connectivity index is 1.76.